The summed E-state index contributed by atoms with van der Waals surface area (Å²) < 4.78 is 0. The maximum Gasteiger partial charge on any atom is 0.136 e. The average molecular weight is 387 g/mol. The molecule has 16 fully saturated rings. The molecule has 6 spiro atoms. The summed E-state index contributed by atoms with van der Waals surface area (Å²) in [6.45, 7) is 2.04. The van der Waals surface area contributed by atoms with Crippen molar-refractivity contribution in [1.29, 1.82) is 0 Å². The summed E-state index contributed by atoms with van der Waals surface area (Å²) in [5.41, 5.74) is 4.32. The van der Waals surface area contributed by atoms with Crippen LogP contribution in [0.25, 0.3) is 0 Å². The summed E-state index contributed by atoms with van der Waals surface area (Å²) in [4.78, 5) is 13.5. The first-order valence-corrected chi connectivity index (χ1v) is 13.4. The Kier molecular flexibility index (Phi) is 1.65. The fourth-order valence-electron chi connectivity index (χ4n) is 19.0. The molecule has 0 N–H and O–H groups in total. The van der Waals surface area contributed by atoms with Gasteiger partial charge < -0.3 is 0 Å². The first-order chi connectivity index (χ1) is 13.9. The quantitative estimate of drug-likeness (QED) is 0.571. The molecule has 16 saturated carbocycles. The van der Waals surface area contributed by atoms with Gasteiger partial charge in [0, 0.05) is 5.41 Å². The van der Waals surface area contributed by atoms with Gasteiger partial charge >= 0.3 is 0 Å². The van der Waals surface area contributed by atoms with Gasteiger partial charge in [-0.1, -0.05) is 0 Å². The lowest BCUT2D eigenvalue weighted by molar-refractivity contribution is -0.555. The number of hydrogen-bond donors (Lipinski definition) is 0. The van der Waals surface area contributed by atoms with Gasteiger partial charge in [0.2, 0.25) is 0 Å². The Morgan fingerprint density at radius 2 is 0.793 bits per heavy atom. The van der Waals surface area contributed by atoms with Crippen LogP contribution in [0.1, 0.15) is 84.0 Å². The minimum absolute atomic E-state index is 0.120. The Morgan fingerprint density at radius 1 is 0.517 bits per heavy atom. The fourth-order valence-corrected chi connectivity index (χ4v) is 19.0. The van der Waals surface area contributed by atoms with E-state index in [1.807, 2.05) is 6.92 Å². The molecule has 16 aliphatic rings. The molecule has 16 aliphatic carbocycles. The predicted molar refractivity (Wildman–Crippen MR) is 108 cm³/mol. The Hall–Kier alpha value is -0.330. The third kappa shape index (κ3) is 0.921. The van der Waals surface area contributed by atoms with Crippen LogP contribution < -0.4 is 0 Å². The number of ketones is 1. The van der Waals surface area contributed by atoms with Crippen molar-refractivity contribution in [2.45, 2.75) is 84.0 Å². The Balaban J connectivity index is 1.38. The van der Waals surface area contributed by atoms with E-state index in [0.29, 0.717) is 22.0 Å². The van der Waals surface area contributed by atoms with Crippen LogP contribution in [0.15, 0.2) is 0 Å². The third-order valence-electron chi connectivity index (χ3n) is 15.7. The van der Waals surface area contributed by atoms with Gasteiger partial charge in [-0.05, 0) is 158 Å². The number of carbonyl (C=O) groups excluding carboxylic acids is 1. The van der Waals surface area contributed by atoms with Crippen LogP contribution in [0.5, 0.6) is 0 Å². The molecule has 0 unspecified atom stereocenters. The SMILES string of the molecule is CC(=O)C12CC34CC5CC67CC8CC9%10CC%11CC(C5)(C69)C3C(C%11)(C1)C%10C(C8)(C2)C74. The molecule has 0 saturated heterocycles. The fraction of sp³-hybridized carbons (Fsp3) is 0.964. The van der Waals surface area contributed by atoms with Gasteiger partial charge in [0.1, 0.15) is 5.78 Å². The summed E-state index contributed by atoms with van der Waals surface area (Å²) in [5.74, 6) is 8.18. The minimum Gasteiger partial charge on any atom is -0.299 e. The molecule has 0 atom stereocenters. The van der Waals surface area contributed by atoms with Crippen LogP contribution in [-0.4, -0.2) is 5.78 Å². The van der Waals surface area contributed by atoms with Gasteiger partial charge in [-0.2, -0.15) is 0 Å². The first-order valence-electron chi connectivity index (χ1n) is 13.4. The Bertz CT molecular complexity index is 868. The molecule has 0 heterocycles. The summed E-state index contributed by atoms with van der Waals surface area (Å²) >= 11 is 0. The third-order valence-corrected chi connectivity index (χ3v) is 15.7. The molecular weight excluding hydrogens is 352 g/mol. The monoisotopic (exact) mass is 386 g/mol. The highest BCUT2D eigenvalue weighted by Gasteiger charge is 3.00. The van der Waals surface area contributed by atoms with Crippen LogP contribution >= 0.6 is 0 Å². The molecule has 152 valence electrons. The lowest BCUT2D eigenvalue weighted by Gasteiger charge is -3.03. The number of hydrogen-bond acceptors (Lipinski definition) is 1. The summed E-state index contributed by atoms with van der Waals surface area (Å²) in [7, 11) is 0. The van der Waals surface area contributed by atoms with Gasteiger partial charge in [0.15, 0.2) is 0 Å². The Labute approximate surface area is 174 Å². The Morgan fingerprint density at radius 3 is 1.10 bits per heavy atom. The zero-order valence-electron chi connectivity index (χ0n) is 17.9. The topological polar surface area (TPSA) is 17.1 Å². The molecule has 1 heteroatoms. The summed E-state index contributed by atoms with van der Waals surface area (Å²) in [6, 6.07) is 0. The highest BCUT2D eigenvalue weighted by atomic mass is 16.1. The van der Waals surface area contributed by atoms with Crippen molar-refractivity contribution in [1.82, 2.24) is 0 Å². The zero-order valence-corrected chi connectivity index (χ0v) is 17.9. The van der Waals surface area contributed by atoms with E-state index in [9.17, 15) is 4.79 Å². The number of rotatable bonds is 1. The molecule has 1 nitrogen and oxygen atoms in total. The van der Waals surface area contributed by atoms with Crippen LogP contribution in [0.4, 0.5) is 0 Å². The molecule has 0 radical (unpaired) electrons. The molecule has 0 aromatic rings. The van der Waals surface area contributed by atoms with E-state index in [4.69, 9.17) is 0 Å². The zero-order chi connectivity index (χ0) is 18.6. The van der Waals surface area contributed by atoms with Crippen LogP contribution in [-0.2, 0) is 4.79 Å². The lowest BCUT2D eigenvalue weighted by Crippen LogP contribution is -2.98. The molecule has 14 bridgehead atoms. The van der Waals surface area contributed by atoms with Crippen LogP contribution in [0.3, 0.4) is 0 Å². The summed E-state index contributed by atoms with van der Waals surface area (Å²) in [6.07, 6.45) is 18.7. The second kappa shape index (κ2) is 3.26. The maximum atomic E-state index is 13.5. The van der Waals surface area contributed by atoms with Crippen molar-refractivity contribution in [3.63, 3.8) is 0 Å². The van der Waals surface area contributed by atoms with Crippen molar-refractivity contribution in [3.05, 3.63) is 0 Å². The van der Waals surface area contributed by atoms with E-state index < -0.39 is 0 Å². The van der Waals surface area contributed by atoms with Crippen molar-refractivity contribution in [2.75, 3.05) is 0 Å². The highest BCUT2D eigenvalue weighted by Crippen LogP contribution is 3.06. The first kappa shape index (κ1) is 14.7. The average Bonchev–Trinajstić information content (AvgIpc) is 2.54. The molecule has 16 rings (SSSR count). The van der Waals surface area contributed by atoms with Crippen LogP contribution in [0.2, 0.25) is 0 Å². The van der Waals surface area contributed by atoms with Gasteiger partial charge in [0.05, 0.1) is 0 Å². The smallest absolute Gasteiger partial charge is 0.136 e. The number of carbonyl (C=O) groups is 1. The largest absolute Gasteiger partial charge is 0.299 e. The maximum absolute atomic E-state index is 13.5. The van der Waals surface area contributed by atoms with Crippen LogP contribution in [0, 0.1) is 79.3 Å². The van der Waals surface area contributed by atoms with Crippen molar-refractivity contribution >= 4 is 5.78 Å². The summed E-state index contributed by atoms with van der Waals surface area (Å²) in [5, 5.41) is 0. The number of Topliss-reactive ketones (excluding diaryl/α,β-unsaturated/α-hetero) is 1. The predicted octanol–water partition coefficient (Wildman–Crippen LogP) is 5.62. The van der Waals surface area contributed by atoms with Gasteiger partial charge in [-0.15, -0.1) is 0 Å². The minimum atomic E-state index is 0.120. The molecule has 0 aromatic carbocycles. The van der Waals surface area contributed by atoms with Crippen molar-refractivity contribution < 1.29 is 4.79 Å². The van der Waals surface area contributed by atoms with E-state index in [0.717, 1.165) is 57.7 Å². The van der Waals surface area contributed by atoms with E-state index in [-0.39, 0.29) is 5.41 Å². The van der Waals surface area contributed by atoms with Gasteiger partial charge in [-0.3, -0.25) is 4.79 Å². The molecule has 0 aromatic heterocycles. The van der Waals surface area contributed by atoms with E-state index >= 15 is 0 Å². The lowest BCUT2D eigenvalue weighted by atomic mass is 9.00. The highest BCUT2D eigenvalue weighted by molar-refractivity contribution is 5.84. The second-order valence-corrected chi connectivity index (χ2v) is 15.9. The van der Waals surface area contributed by atoms with Crippen molar-refractivity contribution in [3.8, 4) is 0 Å². The van der Waals surface area contributed by atoms with E-state index in [1.165, 1.54) is 19.3 Å². The molecule has 0 amide bonds. The van der Waals surface area contributed by atoms with E-state index in [2.05, 4.69) is 0 Å². The molecule has 0 aliphatic heterocycles. The van der Waals surface area contributed by atoms with Gasteiger partial charge in [0.25, 0.3) is 0 Å². The molecular formula is C28H34O. The van der Waals surface area contributed by atoms with Crippen molar-refractivity contribution in [2.24, 2.45) is 79.3 Å². The second-order valence-electron chi connectivity index (χ2n) is 15.9. The normalized spacial score (nSPS) is 83.1. The van der Waals surface area contributed by atoms with E-state index in [1.54, 1.807) is 57.8 Å². The standard InChI is InChI=1S/C28H34O/c1-14(29)22-11-26-8-15-2-23-4-16-5-25-7-17-6-24(3-15,18(23)25)20(26)28(10-17,13-22)21(25)27(9-16,12-22)19(23)26/h15-21H,2-13H2,1H3. The van der Waals surface area contributed by atoms with Gasteiger partial charge in [-0.25, -0.2) is 0 Å². The molecule has 29 heavy (non-hydrogen) atoms.